The van der Waals surface area contributed by atoms with Gasteiger partial charge in [0.25, 0.3) is 0 Å². The Morgan fingerprint density at radius 1 is 1.00 bits per heavy atom. The van der Waals surface area contributed by atoms with E-state index in [1.807, 2.05) is 24.3 Å². The molecule has 21 heavy (non-hydrogen) atoms. The van der Waals surface area contributed by atoms with Crippen LogP contribution in [-0.4, -0.2) is 15.9 Å². The molecule has 0 aliphatic rings. The molecule has 3 nitrogen and oxygen atoms in total. The minimum atomic E-state index is -0.241. The maximum atomic E-state index is 12.0. The maximum Gasteiger partial charge on any atom is 0.189 e. The van der Waals surface area contributed by atoms with Crippen LogP contribution in [0.15, 0.2) is 54.9 Å². The quantitative estimate of drug-likeness (QED) is 0.522. The van der Waals surface area contributed by atoms with Crippen LogP contribution in [0, 0.1) is 0 Å². The molecule has 1 heterocycles. The highest BCUT2D eigenvalue weighted by atomic mass is 16.3. The fourth-order valence-corrected chi connectivity index (χ4v) is 1.95. The van der Waals surface area contributed by atoms with Gasteiger partial charge in [0.05, 0.1) is 0 Å². The van der Waals surface area contributed by atoms with E-state index in [4.69, 9.17) is 0 Å². The van der Waals surface area contributed by atoms with E-state index < -0.39 is 0 Å². The Morgan fingerprint density at radius 2 is 1.57 bits per heavy atom. The van der Waals surface area contributed by atoms with Crippen molar-refractivity contribution in [3.05, 3.63) is 71.6 Å². The molecule has 1 aromatic heterocycles. The van der Waals surface area contributed by atoms with E-state index in [9.17, 15) is 9.90 Å². The molecule has 0 bridgehead atoms. The number of aliphatic hydroxyl groups is 1. The van der Waals surface area contributed by atoms with Crippen LogP contribution in [-0.2, 0) is 5.41 Å². The smallest absolute Gasteiger partial charge is 0.189 e. The van der Waals surface area contributed by atoms with E-state index in [1.165, 1.54) is 11.6 Å². The molecule has 0 aliphatic carbocycles. The number of carbonyl (C=O) groups is 1. The molecule has 0 amide bonds. The van der Waals surface area contributed by atoms with Crippen LogP contribution in [0.2, 0.25) is 0 Å². The van der Waals surface area contributed by atoms with Crippen molar-refractivity contribution in [3.8, 4) is 0 Å². The normalized spacial score (nSPS) is 12.2. The van der Waals surface area contributed by atoms with E-state index in [0.29, 0.717) is 11.1 Å². The van der Waals surface area contributed by atoms with E-state index >= 15 is 0 Å². The molecule has 0 unspecified atom stereocenters. The SMILES string of the molecule is CC(C)(C)c1ccc(/C(O)=C/C(=O)c2ccncc2)cc1. The van der Waals surface area contributed by atoms with Crippen molar-refractivity contribution >= 4 is 11.5 Å². The van der Waals surface area contributed by atoms with Gasteiger partial charge in [-0.05, 0) is 23.1 Å². The van der Waals surface area contributed by atoms with Gasteiger partial charge in [0, 0.05) is 29.6 Å². The number of allylic oxidation sites excluding steroid dienone is 1. The van der Waals surface area contributed by atoms with Crippen LogP contribution in [0.4, 0.5) is 0 Å². The summed E-state index contributed by atoms with van der Waals surface area (Å²) in [5.74, 6) is -0.271. The molecule has 2 aromatic rings. The number of aliphatic hydroxyl groups excluding tert-OH is 1. The van der Waals surface area contributed by atoms with E-state index in [2.05, 4.69) is 25.8 Å². The Hall–Kier alpha value is -2.42. The van der Waals surface area contributed by atoms with Gasteiger partial charge in [-0.1, -0.05) is 45.0 Å². The van der Waals surface area contributed by atoms with Gasteiger partial charge in [-0.2, -0.15) is 0 Å². The number of pyridine rings is 1. The summed E-state index contributed by atoms with van der Waals surface area (Å²) in [7, 11) is 0. The highest BCUT2D eigenvalue weighted by molar-refractivity contribution is 6.07. The first-order valence-corrected chi connectivity index (χ1v) is 6.84. The van der Waals surface area contributed by atoms with Crippen LogP contribution in [0.5, 0.6) is 0 Å². The van der Waals surface area contributed by atoms with Crippen molar-refractivity contribution < 1.29 is 9.90 Å². The fourth-order valence-electron chi connectivity index (χ4n) is 1.95. The Morgan fingerprint density at radius 3 is 2.10 bits per heavy atom. The van der Waals surface area contributed by atoms with Crippen molar-refractivity contribution in [1.29, 1.82) is 0 Å². The third-order valence-electron chi connectivity index (χ3n) is 3.28. The van der Waals surface area contributed by atoms with Crippen molar-refractivity contribution in [2.24, 2.45) is 0 Å². The molecular formula is C18H19NO2. The average Bonchev–Trinajstić information content (AvgIpc) is 2.47. The van der Waals surface area contributed by atoms with Crippen LogP contribution in [0.3, 0.4) is 0 Å². The van der Waals surface area contributed by atoms with E-state index in [1.54, 1.807) is 24.5 Å². The second kappa shape index (κ2) is 5.92. The summed E-state index contributed by atoms with van der Waals surface area (Å²) in [6.07, 6.45) is 4.34. The topological polar surface area (TPSA) is 50.2 Å². The predicted molar refractivity (Wildman–Crippen MR) is 84.3 cm³/mol. The zero-order valence-corrected chi connectivity index (χ0v) is 12.5. The molecule has 0 radical (unpaired) electrons. The standard InChI is InChI=1S/C18H19NO2/c1-18(2,3)15-6-4-13(5-7-15)16(20)12-17(21)14-8-10-19-11-9-14/h4-12,20H,1-3H3/b16-12-. The zero-order chi connectivity index (χ0) is 15.5. The van der Waals surface area contributed by atoms with Crippen LogP contribution in [0.25, 0.3) is 5.76 Å². The molecule has 0 aliphatic heterocycles. The minimum Gasteiger partial charge on any atom is -0.507 e. The van der Waals surface area contributed by atoms with Crippen molar-refractivity contribution in [3.63, 3.8) is 0 Å². The summed E-state index contributed by atoms with van der Waals surface area (Å²) in [6.45, 7) is 6.39. The van der Waals surface area contributed by atoms with E-state index in [0.717, 1.165) is 0 Å². The highest BCUT2D eigenvalue weighted by Gasteiger charge is 2.13. The lowest BCUT2D eigenvalue weighted by molar-refractivity contribution is 0.104. The van der Waals surface area contributed by atoms with Gasteiger partial charge in [-0.25, -0.2) is 0 Å². The number of nitrogens with zero attached hydrogens (tertiary/aromatic N) is 1. The molecule has 108 valence electrons. The van der Waals surface area contributed by atoms with Crippen LogP contribution in [0.1, 0.15) is 42.3 Å². The number of hydrogen-bond donors (Lipinski definition) is 1. The highest BCUT2D eigenvalue weighted by Crippen LogP contribution is 2.23. The van der Waals surface area contributed by atoms with Crippen LogP contribution < -0.4 is 0 Å². The number of hydrogen-bond acceptors (Lipinski definition) is 3. The fraction of sp³-hybridized carbons (Fsp3) is 0.222. The summed E-state index contributed by atoms with van der Waals surface area (Å²) in [5, 5.41) is 10.1. The zero-order valence-electron chi connectivity index (χ0n) is 12.5. The van der Waals surface area contributed by atoms with Gasteiger partial charge in [0.15, 0.2) is 5.78 Å². The van der Waals surface area contributed by atoms with Gasteiger partial charge < -0.3 is 5.11 Å². The molecule has 0 spiro atoms. The molecule has 1 aromatic carbocycles. The first-order valence-electron chi connectivity index (χ1n) is 6.84. The second-order valence-electron chi connectivity index (χ2n) is 5.96. The lowest BCUT2D eigenvalue weighted by Gasteiger charge is -2.19. The predicted octanol–water partition coefficient (Wildman–Crippen LogP) is 4.16. The first kappa shape index (κ1) is 15.0. The van der Waals surface area contributed by atoms with Gasteiger partial charge in [-0.15, -0.1) is 0 Å². The Bertz CT molecular complexity index is 650. The van der Waals surface area contributed by atoms with Crippen LogP contribution >= 0.6 is 0 Å². The first-order chi connectivity index (χ1) is 9.88. The number of rotatable bonds is 3. The number of ketones is 1. The molecule has 0 saturated carbocycles. The Labute approximate surface area is 125 Å². The molecule has 0 atom stereocenters. The molecular weight excluding hydrogens is 262 g/mol. The number of benzene rings is 1. The molecule has 0 saturated heterocycles. The Balaban J connectivity index is 2.22. The minimum absolute atomic E-state index is 0.0303. The van der Waals surface area contributed by atoms with Crippen molar-refractivity contribution in [2.45, 2.75) is 26.2 Å². The third kappa shape index (κ3) is 3.78. The second-order valence-corrected chi connectivity index (χ2v) is 5.96. The molecule has 1 N–H and O–H groups in total. The largest absolute Gasteiger partial charge is 0.507 e. The number of carbonyl (C=O) groups excluding carboxylic acids is 1. The number of aromatic nitrogens is 1. The van der Waals surface area contributed by atoms with Crippen molar-refractivity contribution in [1.82, 2.24) is 4.98 Å². The summed E-state index contributed by atoms with van der Waals surface area (Å²) in [4.78, 5) is 15.9. The molecule has 3 heteroatoms. The van der Waals surface area contributed by atoms with Crippen molar-refractivity contribution in [2.75, 3.05) is 0 Å². The molecule has 2 rings (SSSR count). The maximum absolute atomic E-state index is 12.0. The lowest BCUT2D eigenvalue weighted by atomic mass is 9.86. The van der Waals surface area contributed by atoms with Gasteiger partial charge >= 0.3 is 0 Å². The summed E-state index contributed by atoms with van der Waals surface area (Å²) in [6, 6.07) is 10.8. The molecule has 0 fully saturated rings. The van der Waals surface area contributed by atoms with Gasteiger partial charge in [0.2, 0.25) is 0 Å². The van der Waals surface area contributed by atoms with E-state index in [-0.39, 0.29) is 17.0 Å². The average molecular weight is 281 g/mol. The summed E-state index contributed by atoms with van der Waals surface area (Å²) < 4.78 is 0. The van der Waals surface area contributed by atoms with Gasteiger partial charge in [0.1, 0.15) is 5.76 Å². The summed E-state index contributed by atoms with van der Waals surface area (Å²) in [5.41, 5.74) is 2.37. The lowest BCUT2D eigenvalue weighted by Crippen LogP contribution is -2.10. The van der Waals surface area contributed by atoms with Gasteiger partial charge in [-0.3, -0.25) is 9.78 Å². The Kier molecular flexibility index (Phi) is 4.22. The third-order valence-corrected chi connectivity index (χ3v) is 3.28. The summed E-state index contributed by atoms with van der Waals surface area (Å²) >= 11 is 0. The monoisotopic (exact) mass is 281 g/mol.